The summed E-state index contributed by atoms with van der Waals surface area (Å²) in [6.45, 7) is 3.85. The third-order valence-electron chi connectivity index (χ3n) is 9.97. The Kier molecular flexibility index (Phi) is 10.7. The van der Waals surface area contributed by atoms with Crippen LogP contribution in [0, 0.1) is 24.5 Å². The standard InChI is InChI=1S/C39H46ClF2N3O3/c1-24-28(8-5-9-35(24)47-4)23-45(30-14-15-30)39(46)36-31(21-29-19-26(22-44(2)3)20-34(36)43-29)27-12-10-25(11-13-27)7-6-18-48-38-33(42)17-16-32(41)37(38)40/h5,8-13,16-17,26,29-30,34,43H,6-7,14-15,18-23H2,1-4H3/t26?,29-,34?/m0/s1. The van der Waals surface area contributed by atoms with Crippen LogP contribution >= 0.6 is 11.6 Å². The van der Waals surface area contributed by atoms with Crippen molar-refractivity contribution in [1.82, 2.24) is 15.1 Å². The number of nitrogens with one attached hydrogen (secondary N) is 1. The van der Waals surface area contributed by atoms with Crippen molar-refractivity contribution in [3.63, 3.8) is 0 Å². The summed E-state index contributed by atoms with van der Waals surface area (Å²) in [7, 11) is 5.94. The van der Waals surface area contributed by atoms with Gasteiger partial charge in [-0.3, -0.25) is 4.79 Å². The molecule has 2 unspecified atom stereocenters. The highest BCUT2D eigenvalue weighted by Crippen LogP contribution is 2.41. The predicted octanol–water partition coefficient (Wildman–Crippen LogP) is 7.59. The van der Waals surface area contributed by atoms with E-state index in [-0.39, 0.29) is 35.4 Å². The van der Waals surface area contributed by atoms with Gasteiger partial charge in [-0.25, -0.2) is 8.78 Å². The molecule has 0 spiro atoms. The van der Waals surface area contributed by atoms with Crippen LogP contribution in [-0.2, 0) is 17.8 Å². The SMILES string of the molecule is COc1cccc(CN(C(=O)C2=C(c3ccc(CCCOc4c(F)ccc(F)c4Cl)cc3)C[C@@H]3CC(CN(C)C)CC2N3)C2CC2)c1C. The Hall–Kier alpha value is -3.46. The van der Waals surface area contributed by atoms with Gasteiger partial charge in [-0.2, -0.15) is 0 Å². The summed E-state index contributed by atoms with van der Waals surface area (Å²) in [5, 5.41) is 3.51. The first kappa shape index (κ1) is 34.4. The van der Waals surface area contributed by atoms with Gasteiger partial charge in [0, 0.05) is 36.8 Å². The molecule has 2 heterocycles. The number of aryl methyl sites for hydroxylation is 1. The Bertz CT molecular complexity index is 1660. The summed E-state index contributed by atoms with van der Waals surface area (Å²) < 4.78 is 38.9. The summed E-state index contributed by atoms with van der Waals surface area (Å²) >= 11 is 5.90. The second kappa shape index (κ2) is 15.0. The van der Waals surface area contributed by atoms with Crippen LogP contribution in [0.3, 0.4) is 0 Å². The van der Waals surface area contributed by atoms with Crippen LogP contribution in [-0.4, -0.2) is 68.2 Å². The topological polar surface area (TPSA) is 54.0 Å². The quantitative estimate of drug-likeness (QED) is 0.149. The molecular formula is C39H46ClF2N3O3. The van der Waals surface area contributed by atoms with Gasteiger partial charge in [-0.1, -0.05) is 48.0 Å². The van der Waals surface area contributed by atoms with Gasteiger partial charge in [0.15, 0.2) is 11.6 Å². The first-order chi connectivity index (χ1) is 23.1. The first-order valence-electron chi connectivity index (χ1n) is 17.1. The van der Waals surface area contributed by atoms with E-state index >= 15 is 0 Å². The van der Waals surface area contributed by atoms with E-state index in [2.05, 4.69) is 66.5 Å². The zero-order valence-electron chi connectivity index (χ0n) is 28.3. The summed E-state index contributed by atoms with van der Waals surface area (Å²) in [4.78, 5) is 19.2. The fourth-order valence-electron chi connectivity index (χ4n) is 7.49. The Balaban J connectivity index is 1.24. The molecule has 0 radical (unpaired) electrons. The van der Waals surface area contributed by atoms with Gasteiger partial charge < -0.3 is 24.6 Å². The molecule has 3 aromatic rings. The summed E-state index contributed by atoms with van der Waals surface area (Å²) in [5.74, 6) is -0.128. The van der Waals surface area contributed by atoms with Crippen molar-refractivity contribution in [3.05, 3.63) is 99.1 Å². The Morgan fingerprint density at radius 2 is 1.77 bits per heavy atom. The van der Waals surface area contributed by atoms with Gasteiger partial charge in [0.1, 0.15) is 16.6 Å². The first-order valence-corrected chi connectivity index (χ1v) is 17.4. The Morgan fingerprint density at radius 1 is 1.02 bits per heavy atom. The molecule has 2 aliphatic heterocycles. The van der Waals surface area contributed by atoms with Gasteiger partial charge in [0.2, 0.25) is 0 Å². The maximum atomic E-state index is 14.8. The highest BCUT2D eigenvalue weighted by molar-refractivity contribution is 6.32. The zero-order valence-corrected chi connectivity index (χ0v) is 29.1. The minimum atomic E-state index is -0.707. The number of hydrogen-bond acceptors (Lipinski definition) is 5. The lowest BCUT2D eigenvalue weighted by molar-refractivity contribution is -0.128. The van der Waals surface area contributed by atoms with Gasteiger partial charge in [-0.15, -0.1) is 0 Å². The van der Waals surface area contributed by atoms with Crippen molar-refractivity contribution in [2.45, 2.75) is 76.5 Å². The van der Waals surface area contributed by atoms with Crippen LogP contribution in [0.2, 0.25) is 5.02 Å². The monoisotopic (exact) mass is 677 g/mol. The molecule has 256 valence electrons. The lowest BCUT2D eigenvalue weighted by Crippen LogP contribution is -2.54. The molecule has 2 bridgehead atoms. The smallest absolute Gasteiger partial charge is 0.252 e. The molecule has 3 aromatic carbocycles. The number of hydrogen-bond donors (Lipinski definition) is 1. The molecule has 1 amide bonds. The lowest BCUT2D eigenvalue weighted by atomic mass is 9.74. The number of methoxy groups -OCH3 is 1. The van der Waals surface area contributed by atoms with Crippen molar-refractivity contribution < 1.29 is 23.0 Å². The number of fused-ring (bicyclic) bond motifs is 2. The average Bonchev–Trinajstić information content (AvgIpc) is 3.91. The molecule has 1 aliphatic carbocycles. The highest BCUT2D eigenvalue weighted by Gasteiger charge is 2.43. The van der Waals surface area contributed by atoms with Crippen molar-refractivity contribution >= 4 is 23.1 Å². The minimum Gasteiger partial charge on any atom is -0.496 e. The molecular weight excluding hydrogens is 632 g/mol. The van der Waals surface area contributed by atoms with Gasteiger partial charge in [0.05, 0.1) is 13.7 Å². The van der Waals surface area contributed by atoms with Crippen LogP contribution in [0.1, 0.15) is 60.8 Å². The Morgan fingerprint density at radius 3 is 2.48 bits per heavy atom. The molecule has 48 heavy (non-hydrogen) atoms. The summed E-state index contributed by atoms with van der Waals surface area (Å²) in [5.41, 5.74) is 6.44. The summed E-state index contributed by atoms with van der Waals surface area (Å²) in [6, 6.07) is 17.1. The van der Waals surface area contributed by atoms with E-state index in [4.69, 9.17) is 21.1 Å². The molecule has 6 nitrogen and oxygen atoms in total. The number of piperidine rings is 1. The number of amides is 1. The molecule has 1 N–H and O–H groups in total. The van der Waals surface area contributed by atoms with Crippen LogP contribution in [0.4, 0.5) is 8.78 Å². The normalized spacial score (nSPS) is 20.6. The zero-order chi connectivity index (χ0) is 33.9. The molecule has 3 aliphatic rings. The van der Waals surface area contributed by atoms with Crippen LogP contribution in [0.5, 0.6) is 11.5 Å². The van der Waals surface area contributed by atoms with Crippen molar-refractivity contribution in [2.24, 2.45) is 5.92 Å². The van der Waals surface area contributed by atoms with E-state index in [9.17, 15) is 13.6 Å². The molecule has 2 fully saturated rings. The van der Waals surface area contributed by atoms with Crippen molar-refractivity contribution in [1.29, 1.82) is 0 Å². The number of halogens is 3. The second-order valence-electron chi connectivity index (χ2n) is 13.8. The third-order valence-corrected chi connectivity index (χ3v) is 10.3. The largest absolute Gasteiger partial charge is 0.496 e. The fourth-order valence-corrected chi connectivity index (χ4v) is 7.69. The average molecular weight is 678 g/mol. The summed E-state index contributed by atoms with van der Waals surface area (Å²) in [6.07, 6.45) is 6.20. The number of ether oxygens (including phenoxy) is 2. The molecule has 0 aromatic heterocycles. The maximum absolute atomic E-state index is 14.8. The second-order valence-corrected chi connectivity index (χ2v) is 14.2. The third kappa shape index (κ3) is 7.72. The number of carbonyl (C=O) groups excluding carboxylic acids is 1. The minimum absolute atomic E-state index is 0.00414. The van der Waals surface area contributed by atoms with Crippen molar-refractivity contribution in [2.75, 3.05) is 34.4 Å². The Labute approximate surface area is 288 Å². The van der Waals surface area contributed by atoms with Gasteiger partial charge in [-0.05, 0) is 118 Å². The van der Waals surface area contributed by atoms with E-state index < -0.39 is 11.6 Å². The molecule has 3 atom stereocenters. The van der Waals surface area contributed by atoms with E-state index in [1.54, 1.807) is 7.11 Å². The van der Waals surface area contributed by atoms with E-state index in [0.29, 0.717) is 31.3 Å². The number of nitrogens with zero attached hydrogens (tertiary/aromatic N) is 2. The fraction of sp³-hybridized carbons (Fsp3) is 0.462. The van der Waals surface area contributed by atoms with Crippen LogP contribution < -0.4 is 14.8 Å². The number of carbonyl (C=O) groups is 1. The lowest BCUT2D eigenvalue weighted by Gasteiger charge is -2.44. The number of benzene rings is 3. The van der Waals surface area contributed by atoms with Crippen molar-refractivity contribution in [3.8, 4) is 11.5 Å². The van der Waals surface area contributed by atoms with Crippen LogP contribution in [0.25, 0.3) is 5.57 Å². The van der Waals surface area contributed by atoms with E-state index in [0.717, 1.165) is 89.9 Å². The van der Waals surface area contributed by atoms with Gasteiger partial charge >= 0.3 is 0 Å². The molecule has 1 saturated heterocycles. The van der Waals surface area contributed by atoms with E-state index in [1.165, 1.54) is 0 Å². The predicted molar refractivity (Wildman–Crippen MR) is 186 cm³/mol. The van der Waals surface area contributed by atoms with E-state index in [1.807, 2.05) is 12.1 Å². The molecule has 6 rings (SSSR count). The highest BCUT2D eigenvalue weighted by atomic mass is 35.5. The van der Waals surface area contributed by atoms with Gasteiger partial charge in [0.25, 0.3) is 5.91 Å². The van der Waals surface area contributed by atoms with Crippen LogP contribution in [0.15, 0.2) is 60.2 Å². The number of rotatable bonds is 13. The molecule has 9 heteroatoms. The maximum Gasteiger partial charge on any atom is 0.252 e. The molecule has 1 saturated carbocycles.